The normalized spacial score (nSPS) is 15.3. The van der Waals surface area contributed by atoms with Gasteiger partial charge in [0.1, 0.15) is 5.82 Å². The molecule has 1 aromatic rings. The number of hydrogen-bond acceptors (Lipinski definition) is 1. The molecule has 0 atom stereocenters. The summed E-state index contributed by atoms with van der Waals surface area (Å²) in [5.41, 5.74) is 0.478. The van der Waals surface area contributed by atoms with Gasteiger partial charge in [0.25, 0.3) is 0 Å². The summed E-state index contributed by atoms with van der Waals surface area (Å²) in [4.78, 5) is 0. The van der Waals surface area contributed by atoms with Crippen LogP contribution >= 0.6 is 11.6 Å². The second-order valence-electron chi connectivity index (χ2n) is 4.62. The number of hydrogen-bond donors (Lipinski definition) is 0. The molecule has 18 heavy (non-hydrogen) atoms. The highest BCUT2D eigenvalue weighted by atomic mass is 35.5. The third kappa shape index (κ3) is 4.95. The predicted molar refractivity (Wildman–Crippen MR) is 74.4 cm³/mol. The van der Waals surface area contributed by atoms with Crippen molar-refractivity contribution in [2.75, 3.05) is 0 Å². The molecule has 0 aliphatic heterocycles. The number of rotatable bonds is 3. The fraction of sp³-hybridized carbons (Fsp3) is 0.600. The summed E-state index contributed by atoms with van der Waals surface area (Å²) in [6, 6.07) is 4.72. The summed E-state index contributed by atoms with van der Waals surface area (Å²) in [6.45, 7) is 4.54. The topological polar surface area (TPSA) is 9.23 Å². The molecule has 3 heteroatoms. The average molecular weight is 273 g/mol. The van der Waals surface area contributed by atoms with Gasteiger partial charge in [-0.3, -0.25) is 0 Å². The van der Waals surface area contributed by atoms with Crippen LogP contribution in [0, 0.1) is 5.82 Å². The SMILES string of the molecule is CCC.Fc1cccc(Cl)c1COC1CCCC1. The Balaban J connectivity index is 0.000000492. The van der Waals surface area contributed by atoms with Crippen molar-refractivity contribution in [3.8, 4) is 0 Å². The van der Waals surface area contributed by atoms with Crippen LogP contribution < -0.4 is 0 Å². The van der Waals surface area contributed by atoms with E-state index in [1.54, 1.807) is 12.1 Å². The first-order chi connectivity index (χ1) is 8.69. The standard InChI is InChI=1S/C12H14ClFO.C3H8/c13-11-6-3-7-12(14)10(11)8-15-9-4-1-2-5-9;1-3-2/h3,6-7,9H,1-2,4-5,8H2;3H2,1-2H3. The van der Waals surface area contributed by atoms with Gasteiger partial charge in [-0.15, -0.1) is 0 Å². The monoisotopic (exact) mass is 272 g/mol. The first-order valence-corrected chi connectivity index (χ1v) is 7.11. The zero-order chi connectivity index (χ0) is 13.4. The third-order valence-corrected chi connectivity index (χ3v) is 3.18. The molecular weight excluding hydrogens is 251 g/mol. The minimum atomic E-state index is -0.277. The molecule has 1 aliphatic carbocycles. The van der Waals surface area contributed by atoms with E-state index < -0.39 is 0 Å². The van der Waals surface area contributed by atoms with Gasteiger partial charge in [0.2, 0.25) is 0 Å². The summed E-state index contributed by atoms with van der Waals surface area (Å²) < 4.78 is 19.0. The maximum atomic E-state index is 13.4. The molecule has 1 aliphatic rings. The summed E-state index contributed by atoms with van der Waals surface area (Å²) in [5, 5.41) is 0.452. The molecule has 0 amide bonds. The fourth-order valence-corrected chi connectivity index (χ4v) is 2.14. The van der Waals surface area contributed by atoms with Crippen LogP contribution in [0.3, 0.4) is 0 Å². The van der Waals surface area contributed by atoms with E-state index in [1.165, 1.54) is 25.3 Å². The minimum Gasteiger partial charge on any atom is -0.373 e. The van der Waals surface area contributed by atoms with Crippen LogP contribution in [-0.2, 0) is 11.3 Å². The van der Waals surface area contributed by atoms with Crippen LogP contribution in [0.15, 0.2) is 18.2 Å². The van der Waals surface area contributed by atoms with Crippen LogP contribution in [0.2, 0.25) is 5.02 Å². The molecule has 0 spiro atoms. The lowest BCUT2D eigenvalue weighted by Gasteiger charge is -2.12. The molecule has 1 nitrogen and oxygen atoms in total. The zero-order valence-corrected chi connectivity index (χ0v) is 12.0. The van der Waals surface area contributed by atoms with Gasteiger partial charge >= 0.3 is 0 Å². The molecule has 0 heterocycles. The first-order valence-electron chi connectivity index (χ1n) is 6.73. The predicted octanol–water partition coefficient (Wildman–Crippen LogP) is 5.35. The van der Waals surface area contributed by atoms with E-state index in [4.69, 9.17) is 16.3 Å². The van der Waals surface area contributed by atoms with Crippen molar-refractivity contribution < 1.29 is 9.13 Å². The molecule has 0 N–H and O–H groups in total. The molecule has 2 rings (SSSR count). The van der Waals surface area contributed by atoms with Crippen LogP contribution in [0.1, 0.15) is 51.5 Å². The van der Waals surface area contributed by atoms with Crippen LogP contribution in [0.4, 0.5) is 4.39 Å². The van der Waals surface area contributed by atoms with Crippen molar-refractivity contribution in [3.05, 3.63) is 34.6 Å². The summed E-state index contributed by atoms with van der Waals surface area (Å²) in [7, 11) is 0. The lowest BCUT2D eigenvalue weighted by atomic mass is 10.2. The molecule has 0 unspecified atom stereocenters. The van der Waals surface area contributed by atoms with Crippen molar-refractivity contribution in [1.82, 2.24) is 0 Å². The van der Waals surface area contributed by atoms with Crippen molar-refractivity contribution in [1.29, 1.82) is 0 Å². The van der Waals surface area contributed by atoms with Crippen molar-refractivity contribution in [3.63, 3.8) is 0 Å². The molecular formula is C15H22ClFO. The third-order valence-electron chi connectivity index (χ3n) is 2.83. The lowest BCUT2D eigenvalue weighted by molar-refractivity contribution is 0.0441. The average Bonchev–Trinajstić information content (AvgIpc) is 2.82. The van der Waals surface area contributed by atoms with Gasteiger partial charge in [-0.25, -0.2) is 4.39 Å². The molecule has 0 bridgehead atoms. The Hall–Kier alpha value is -0.600. The largest absolute Gasteiger partial charge is 0.373 e. The van der Waals surface area contributed by atoms with Gasteiger partial charge in [0.05, 0.1) is 12.7 Å². The van der Waals surface area contributed by atoms with Crippen molar-refractivity contribution in [2.45, 2.75) is 58.7 Å². The highest BCUT2D eigenvalue weighted by Crippen LogP contribution is 2.25. The Morgan fingerprint density at radius 1 is 1.28 bits per heavy atom. The zero-order valence-electron chi connectivity index (χ0n) is 11.2. The Morgan fingerprint density at radius 3 is 2.44 bits per heavy atom. The second kappa shape index (κ2) is 8.49. The molecule has 1 aromatic carbocycles. The Morgan fingerprint density at radius 2 is 1.89 bits per heavy atom. The Kier molecular flexibility index (Phi) is 7.29. The lowest BCUT2D eigenvalue weighted by Crippen LogP contribution is -2.08. The van der Waals surface area contributed by atoms with Gasteiger partial charge in [-0.05, 0) is 25.0 Å². The molecule has 0 saturated heterocycles. The van der Waals surface area contributed by atoms with E-state index >= 15 is 0 Å². The number of halogens is 2. The van der Waals surface area contributed by atoms with Gasteiger partial charge in [-0.1, -0.05) is 50.8 Å². The van der Waals surface area contributed by atoms with Crippen LogP contribution in [0.5, 0.6) is 0 Å². The van der Waals surface area contributed by atoms with E-state index in [2.05, 4.69) is 13.8 Å². The van der Waals surface area contributed by atoms with Gasteiger partial charge in [0.15, 0.2) is 0 Å². The van der Waals surface area contributed by atoms with Crippen molar-refractivity contribution >= 4 is 11.6 Å². The Bertz CT molecular complexity index is 328. The Labute approximate surface area is 114 Å². The van der Waals surface area contributed by atoms with E-state index in [-0.39, 0.29) is 12.4 Å². The molecule has 1 saturated carbocycles. The van der Waals surface area contributed by atoms with Crippen LogP contribution in [0.25, 0.3) is 0 Å². The maximum Gasteiger partial charge on any atom is 0.130 e. The molecule has 0 aromatic heterocycles. The fourth-order valence-electron chi connectivity index (χ4n) is 1.93. The molecule has 0 radical (unpaired) electrons. The molecule has 1 fully saturated rings. The smallest absolute Gasteiger partial charge is 0.130 e. The van der Waals surface area contributed by atoms with Gasteiger partial charge in [0, 0.05) is 10.6 Å². The number of benzene rings is 1. The van der Waals surface area contributed by atoms with Gasteiger partial charge in [-0.2, -0.15) is 0 Å². The van der Waals surface area contributed by atoms with E-state index in [9.17, 15) is 4.39 Å². The van der Waals surface area contributed by atoms with E-state index in [0.717, 1.165) is 12.8 Å². The highest BCUT2D eigenvalue weighted by molar-refractivity contribution is 6.31. The van der Waals surface area contributed by atoms with Gasteiger partial charge < -0.3 is 4.74 Å². The molecule has 102 valence electrons. The van der Waals surface area contributed by atoms with Crippen LogP contribution in [-0.4, -0.2) is 6.10 Å². The summed E-state index contributed by atoms with van der Waals surface area (Å²) >= 11 is 5.89. The maximum absolute atomic E-state index is 13.4. The first kappa shape index (κ1) is 15.5. The van der Waals surface area contributed by atoms with Crippen molar-refractivity contribution in [2.24, 2.45) is 0 Å². The highest BCUT2D eigenvalue weighted by Gasteiger charge is 2.16. The summed E-state index contributed by atoms with van der Waals surface area (Å²) in [6.07, 6.45) is 6.16. The quantitative estimate of drug-likeness (QED) is 0.720. The minimum absolute atomic E-state index is 0.277. The van der Waals surface area contributed by atoms with E-state index in [0.29, 0.717) is 16.7 Å². The van der Waals surface area contributed by atoms with E-state index in [1.807, 2.05) is 0 Å². The second-order valence-corrected chi connectivity index (χ2v) is 5.03. The summed E-state index contributed by atoms with van der Waals surface area (Å²) in [5.74, 6) is -0.277. The number of ether oxygens (including phenoxy) is 1.